The molecule has 0 radical (unpaired) electrons. The number of fused-ring (bicyclic) bond motifs is 4. The van der Waals surface area contributed by atoms with Crippen LogP contribution in [0, 0.1) is 6.92 Å². The minimum Gasteiger partial charge on any atom is -0.493 e. The van der Waals surface area contributed by atoms with Crippen molar-refractivity contribution in [2.45, 2.75) is 19.4 Å². The maximum Gasteiger partial charge on any atom is 0.230 e. The monoisotopic (exact) mass is 546 g/mol. The molecule has 204 valence electrons. The van der Waals surface area contributed by atoms with E-state index < -0.39 is 0 Å². The number of rotatable bonds is 7. The highest BCUT2D eigenvalue weighted by molar-refractivity contribution is 5.67. The van der Waals surface area contributed by atoms with Gasteiger partial charge in [-0.25, -0.2) is 19.2 Å². The molecule has 0 unspecified atom stereocenters. The second kappa shape index (κ2) is 9.98. The van der Waals surface area contributed by atoms with Crippen molar-refractivity contribution in [1.82, 2.24) is 29.4 Å². The first-order valence-corrected chi connectivity index (χ1v) is 13.1. The van der Waals surface area contributed by atoms with E-state index in [1.165, 1.54) is 0 Å². The Morgan fingerprint density at radius 2 is 1.61 bits per heavy atom. The van der Waals surface area contributed by atoms with Gasteiger partial charge in [-0.3, -0.25) is 0 Å². The number of aromatic nitrogens is 6. The number of hydrogen-bond acceptors (Lipinski definition) is 8. The van der Waals surface area contributed by atoms with Crippen LogP contribution in [0.15, 0.2) is 85.2 Å². The molecule has 0 bridgehead atoms. The number of methoxy groups -OCH3 is 2. The van der Waals surface area contributed by atoms with Gasteiger partial charge in [0.1, 0.15) is 18.7 Å². The Kier molecular flexibility index (Phi) is 6.00. The highest BCUT2D eigenvalue weighted by Gasteiger charge is 2.38. The average molecular weight is 547 g/mol. The Labute approximate surface area is 235 Å². The minimum atomic E-state index is -0.325. The maximum atomic E-state index is 6.50. The summed E-state index contributed by atoms with van der Waals surface area (Å²) >= 11 is 0. The first-order chi connectivity index (χ1) is 20.1. The van der Waals surface area contributed by atoms with Crippen LogP contribution in [0.4, 0.5) is 0 Å². The Balaban J connectivity index is 1.41. The van der Waals surface area contributed by atoms with E-state index in [4.69, 9.17) is 29.0 Å². The Morgan fingerprint density at radius 3 is 2.37 bits per heavy atom. The van der Waals surface area contributed by atoms with Crippen LogP contribution >= 0.6 is 0 Å². The van der Waals surface area contributed by atoms with Crippen molar-refractivity contribution < 1.29 is 18.9 Å². The van der Waals surface area contributed by atoms with Gasteiger partial charge in [-0.1, -0.05) is 42.5 Å². The molecule has 7 rings (SSSR count). The lowest BCUT2D eigenvalue weighted by Gasteiger charge is -2.26. The van der Waals surface area contributed by atoms with Crippen LogP contribution in [0.25, 0.3) is 11.3 Å². The van der Waals surface area contributed by atoms with E-state index in [2.05, 4.69) is 10.1 Å². The summed E-state index contributed by atoms with van der Waals surface area (Å²) in [6.07, 6.45) is 1.61. The van der Waals surface area contributed by atoms with Crippen molar-refractivity contribution in [1.29, 1.82) is 0 Å². The van der Waals surface area contributed by atoms with Crippen molar-refractivity contribution in [3.8, 4) is 34.7 Å². The van der Waals surface area contributed by atoms with E-state index in [-0.39, 0.29) is 12.5 Å². The molecule has 0 amide bonds. The fourth-order valence-electron chi connectivity index (χ4n) is 5.26. The van der Waals surface area contributed by atoms with Crippen LogP contribution in [-0.4, -0.2) is 43.6 Å². The van der Waals surface area contributed by atoms with Crippen LogP contribution in [0.1, 0.15) is 34.1 Å². The molecule has 0 N–H and O–H groups in total. The van der Waals surface area contributed by atoms with Gasteiger partial charge >= 0.3 is 0 Å². The highest BCUT2D eigenvalue weighted by Crippen LogP contribution is 2.50. The third-order valence-electron chi connectivity index (χ3n) is 7.12. The predicted molar refractivity (Wildman–Crippen MR) is 150 cm³/mol. The molecule has 41 heavy (non-hydrogen) atoms. The van der Waals surface area contributed by atoms with Crippen molar-refractivity contribution in [2.75, 3.05) is 14.2 Å². The van der Waals surface area contributed by atoms with E-state index in [9.17, 15) is 0 Å². The van der Waals surface area contributed by atoms with Gasteiger partial charge in [-0.15, -0.1) is 5.10 Å². The lowest BCUT2D eigenvalue weighted by atomic mass is 9.84. The molecule has 0 saturated heterocycles. The van der Waals surface area contributed by atoms with Crippen molar-refractivity contribution in [3.05, 3.63) is 113 Å². The van der Waals surface area contributed by atoms with Gasteiger partial charge in [0.05, 0.1) is 42.6 Å². The molecule has 10 heteroatoms. The average Bonchev–Trinajstić information content (AvgIpc) is 3.60. The number of ether oxygens (including phenoxy) is 4. The number of para-hydroxylation sites is 2. The Morgan fingerprint density at radius 1 is 0.854 bits per heavy atom. The molecule has 0 saturated carbocycles. The first-order valence-electron chi connectivity index (χ1n) is 13.1. The molecule has 0 spiro atoms. The fourth-order valence-corrected chi connectivity index (χ4v) is 5.26. The zero-order valence-electron chi connectivity index (χ0n) is 22.7. The minimum absolute atomic E-state index is 0.207. The predicted octanol–water partition coefficient (Wildman–Crippen LogP) is 5.50. The molecular formula is C31H26N6O4. The molecule has 1 atom stereocenters. The highest BCUT2D eigenvalue weighted by atomic mass is 16.5. The van der Waals surface area contributed by atoms with Crippen LogP contribution in [-0.2, 0) is 6.61 Å². The van der Waals surface area contributed by atoms with Crippen molar-refractivity contribution in [3.63, 3.8) is 0 Å². The van der Waals surface area contributed by atoms with Crippen LogP contribution in [0.5, 0.6) is 29.0 Å². The number of hydrogen-bond donors (Lipinski definition) is 0. The third-order valence-corrected chi connectivity index (χ3v) is 7.12. The summed E-state index contributed by atoms with van der Waals surface area (Å²) in [5.74, 6) is 3.24. The van der Waals surface area contributed by atoms with E-state index in [0.717, 1.165) is 33.8 Å². The fraction of sp³-hybridized carbons (Fsp3) is 0.161. The summed E-state index contributed by atoms with van der Waals surface area (Å²) in [6, 6.07) is 25.4. The van der Waals surface area contributed by atoms with Crippen LogP contribution in [0.3, 0.4) is 0 Å². The molecule has 1 aliphatic rings. The Hall–Kier alpha value is -5.38. The van der Waals surface area contributed by atoms with Crippen molar-refractivity contribution >= 4 is 5.65 Å². The van der Waals surface area contributed by atoms with Crippen LogP contribution in [0.2, 0.25) is 0 Å². The van der Waals surface area contributed by atoms with Gasteiger partial charge in [0.25, 0.3) is 0 Å². The number of benzene rings is 3. The van der Waals surface area contributed by atoms with Crippen molar-refractivity contribution in [2.24, 2.45) is 0 Å². The first kappa shape index (κ1) is 24.6. The quantitative estimate of drug-likeness (QED) is 0.259. The van der Waals surface area contributed by atoms with E-state index >= 15 is 0 Å². The topological polar surface area (TPSA) is 97.8 Å². The normalized spacial score (nSPS) is 13.8. The zero-order chi connectivity index (χ0) is 27.9. The van der Waals surface area contributed by atoms with Gasteiger partial charge < -0.3 is 18.9 Å². The lowest BCUT2D eigenvalue weighted by Crippen LogP contribution is -2.16. The smallest absolute Gasteiger partial charge is 0.230 e. The molecular weight excluding hydrogens is 520 g/mol. The van der Waals surface area contributed by atoms with Gasteiger partial charge in [0, 0.05) is 0 Å². The number of nitrogens with zero attached hydrogens (tertiary/aromatic N) is 6. The molecule has 6 aromatic rings. The van der Waals surface area contributed by atoms with Gasteiger partial charge in [-0.05, 0) is 48.9 Å². The second-order valence-corrected chi connectivity index (χ2v) is 9.56. The van der Waals surface area contributed by atoms with Gasteiger partial charge in [0.2, 0.25) is 11.8 Å². The van der Waals surface area contributed by atoms with E-state index in [1.54, 1.807) is 25.1 Å². The second-order valence-electron chi connectivity index (χ2n) is 9.56. The molecule has 0 aliphatic carbocycles. The molecule has 1 aliphatic heterocycles. The van der Waals surface area contributed by atoms with E-state index in [1.807, 2.05) is 90.5 Å². The summed E-state index contributed by atoms with van der Waals surface area (Å²) in [4.78, 5) is 9.56. The zero-order valence-corrected chi connectivity index (χ0v) is 22.7. The summed E-state index contributed by atoms with van der Waals surface area (Å²) in [7, 11) is 3.25. The summed E-state index contributed by atoms with van der Waals surface area (Å²) in [5, 5.41) is 9.54. The van der Waals surface area contributed by atoms with Crippen LogP contribution < -0.4 is 18.9 Å². The SMILES string of the molecule is COc1ccc([C@@H]2c3c(C)nn(-c4ccccc4)c3Oc3ncn4nc(COc5ccccc5)nc4c32)cc1OC. The van der Waals surface area contributed by atoms with Gasteiger partial charge in [0.15, 0.2) is 23.0 Å². The summed E-state index contributed by atoms with van der Waals surface area (Å²) in [5.41, 5.74) is 4.97. The largest absolute Gasteiger partial charge is 0.493 e. The molecule has 3 aromatic carbocycles. The summed E-state index contributed by atoms with van der Waals surface area (Å²) in [6.45, 7) is 2.19. The third kappa shape index (κ3) is 4.20. The van der Waals surface area contributed by atoms with E-state index in [0.29, 0.717) is 34.7 Å². The molecule has 10 nitrogen and oxygen atoms in total. The lowest BCUT2D eigenvalue weighted by molar-refractivity contribution is 0.296. The maximum absolute atomic E-state index is 6.50. The molecule has 4 heterocycles. The van der Waals surface area contributed by atoms with Gasteiger partial charge in [-0.2, -0.15) is 5.10 Å². The molecule has 0 fully saturated rings. The number of aryl methyl sites for hydroxylation is 1. The molecule has 3 aromatic heterocycles. The standard InChI is InChI=1S/C31H26N6O4/c1-19-26-27(20-14-15-23(38-2)24(16-20)39-3)28-29-33-25(17-40-22-12-8-5-9-13-22)35-36(29)18-32-30(28)41-31(26)37(34-19)21-10-6-4-7-11-21/h4-16,18,27H,17H2,1-3H3/t27-/m1/s1. The summed E-state index contributed by atoms with van der Waals surface area (Å²) < 4.78 is 27.1. The Bertz CT molecular complexity index is 1870.